The molecule has 2 bridgehead atoms. The molecule has 4 rings (SSSR count). The van der Waals surface area contributed by atoms with Crippen molar-refractivity contribution in [2.24, 2.45) is 5.41 Å². The molecule has 1 spiro atoms. The van der Waals surface area contributed by atoms with Crippen LogP contribution in [0.3, 0.4) is 0 Å². The lowest BCUT2D eigenvalue weighted by Gasteiger charge is -2.48. The highest BCUT2D eigenvalue weighted by Gasteiger charge is 2.54. The largest absolute Gasteiger partial charge is 0.0695 e. The predicted molar refractivity (Wildman–Crippen MR) is 32.5 cm³/mol. The van der Waals surface area contributed by atoms with E-state index < -0.39 is 0 Å². The smallest absolute Gasteiger partial charge is 0.00421 e. The van der Waals surface area contributed by atoms with Crippen molar-refractivity contribution in [3.05, 3.63) is 11.1 Å². The van der Waals surface area contributed by atoms with Gasteiger partial charge in [-0.3, -0.25) is 0 Å². The van der Waals surface area contributed by atoms with E-state index >= 15 is 0 Å². The number of hydrogen-bond donors (Lipinski definition) is 0. The van der Waals surface area contributed by atoms with Crippen molar-refractivity contribution in [1.29, 1.82) is 0 Å². The van der Waals surface area contributed by atoms with Crippen LogP contribution in [0.5, 0.6) is 0 Å². The summed E-state index contributed by atoms with van der Waals surface area (Å²) >= 11 is 0. The highest BCUT2D eigenvalue weighted by molar-refractivity contribution is 5.45. The zero-order chi connectivity index (χ0) is 5.19. The number of hydrogen-bond acceptors (Lipinski definition) is 0. The molecule has 0 N–H and O–H groups in total. The summed E-state index contributed by atoms with van der Waals surface area (Å²) < 4.78 is 0. The summed E-state index contributed by atoms with van der Waals surface area (Å²) in [4.78, 5) is 0. The average molecular weight is 106 g/mol. The predicted octanol–water partition coefficient (Wildman–Crippen LogP) is 2.26. The minimum atomic E-state index is 0.856. The van der Waals surface area contributed by atoms with Gasteiger partial charge >= 0.3 is 0 Å². The van der Waals surface area contributed by atoms with Crippen molar-refractivity contribution >= 4 is 0 Å². The Morgan fingerprint density at radius 3 is 2.25 bits per heavy atom. The molecule has 0 heterocycles. The second-order valence-electron chi connectivity index (χ2n) is 3.54. The second-order valence-corrected chi connectivity index (χ2v) is 3.54. The van der Waals surface area contributed by atoms with Crippen LogP contribution in [0.25, 0.3) is 0 Å². The molecule has 42 valence electrons. The van der Waals surface area contributed by atoms with E-state index in [9.17, 15) is 0 Å². The standard InChI is InChI=1S/C8H10/c1-3-8-4-2-7(8)6(1)5-8/h1-5H2. The van der Waals surface area contributed by atoms with Crippen molar-refractivity contribution in [2.75, 3.05) is 0 Å². The number of fused-ring (bicyclic) bond motifs is 1. The fourth-order valence-electron chi connectivity index (χ4n) is 2.75. The van der Waals surface area contributed by atoms with Gasteiger partial charge in [-0.15, -0.1) is 0 Å². The van der Waals surface area contributed by atoms with E-state index in [0.717, 1.165) is 5.41 Å². The maximum absolute atomic E-state index is 1.89. The molecule has 2 saturated carbocycles. The van der Waals surface area contributed by atoms with Crippen molar-refractivity contribution in [2.45, 2.75) is 32.1 Å². The summed E-state index contributed by atoms with van der Waals surface area (Å²) in [5.41, 5.74) is 4.59. The van der Waals surface area contributed by atoms with Gasteiger partial charge in [0, 0.05) is 0 Å². The Kier molecular flexibility index (Phi) is 0.367. The summed E-state index contributed by atoms with van der Waals surface area (Å²) in [5.74, 6) is 0. The van der Waals surface area contributed by atoms with Crippen LogP contribution in [-0.4, -0.2) is 0 Å². The summed E-state index contributed by atoms with van der Waals surface area (Å²) in [6, 6.07) is 0. The fraction of sp³-hybridized carbons (Fsp3) is 0.750. The fourth-order valence-corrected chi connectivity index (χ4v) is 2.75. The van der Waals surface area contributed by atoms with Gasteiger partial charge in [-0.1, -0.05) is 11.1 Å². The third-order valence-electron chi connectivity index (χ3n) is 3.38. The van der Waals surface area contributed by atoms with Crippen molar-refractivity contribution in [3.8, 4) is 0 Å². The molecule has 0 heteroatoms. The Labute approximate surface area is 49.6 Å². The van der Waals surface area contributed by atoms with E-state index in [1.165, 1.54) is 32.1 Å². The maximum Gasteiger partial charge on any atom is -0.00421 e. The summed E-state index contributed by atoms with van der Waals surface area (Å²) in [6.07, 6.45) is 7.50. The van der Waals surface area contributed by atoms with Gasteiger partial charge < -0.3 is 0 Å². The lowest BCUT2D eigenvalue weighted by Crippen LogP contribution is -2.35. The Morgan fingerprint density at radius 2 is 2.00 bits per heavy atom. The van der Waals surface area contributed by atoms with E-state index in [1.54, 1.807) is 0 Å². The Morgan fingerprint density at radius 1 is 1.12 bits per heavy atom. The van der Waals surface area contributed by atoms with Gasteiger partial charge in [0.25, 0.3) is 0 Å². The van der Waals surface area contributed by atoms with Gasteiger partial charge in [-0.25, -0.2) is 0 Å². The molecule has 0 saturated heterocycles. The first-order valence-corrected chi connectivity index (χ1v) is 3.62. The molecular formula is C8H10. The zero-order valence-electron chi connectivity index (χ0n) is 5.04. The van der Waals surface area contributed by atoms with Crippen LogP contribution in [-0.2, 0) is 0 Å². The van der Waals surface area contributed by atoms with E-state index in [-0.39, 0.29) is 0 Å². The van der Waals surface area contributed by atoms with E-state index in [1.807, 2.05) is 11.1 Å². The molecule has 4 aliphatic rings. The Bertz CT molecular complexity index is 188. The summed E-state index contributed by atoms with van der Waals surface area (Å²) in [7, 11) is 0. The SMILES string of the molecule is C1CC23CCC2=C1C3. The highest BCUT2D eigenvalue weighted by atomic mass is 14.6. The third-order valence-corrected chi connectivity index (χ3v) is 3.38. The van der Waals surface area contributed by atoms with Crippen molar-refractivity contribution in [1.82, 2.24) is 0 Å². The highest BCUT2D eigenvalue weighted by Crippen LogP contribution is 2.69. The van der Waals surface area contributed by atoms with Crippen molar-refractivity contribution in [3.63, 3.8) is 0 Å². The first-order chi connectivity index (χ1) is 3.91. The topological polar surface area (TPSA) is 0 Å². The van der Waals surface area contributed by atoms with Crippen LogP contribution in [0.1, 0.15) is 32.1 Å². The summed E-state index contributed by atoms with van der Waals surface area (Å²) in [5, 5.41) is 0. The molecule has 1 atom stereocenters. The van der Waals surface area contributed by atoms with Gasteiger partial charge in [-0.2, -0.15) is 0 Å². The quantitative estimate of drug-likeness (QED) is 0.415. The lowest BCUT2D eigenvalue weighted by molar-refractivity contribution is 0.225. The Hall–Kier alpha value is -0.260. The second kappa shape index (κ2) is 0.792. The molecule has 0 nitrogen and oxygen atoms in total. The van der Waals surface area contributed by atoms with Crippen LogP contribution in [0.15, 0.2) is 11.1 Å². The van der Waals surface area contributed by atoms with E-state index in [4.69, 9.17) is 0 Å². The minimum absolute atomic E-state index is 0.856. The van der Waals surface area contributed by atoms with Crippen LogP contribution >= 0.6 is 0 Å². The van der Waals surface area contributed by atoms with Crippen LogP contribution in [0.4, 0.5) is 0 Å². The average Bonchev–Trinajstić information content (AvgIpc) is 2.19. The van der Waals surface area contributed by atoms with Gasteiger partial charge in [0.1, 0.15) is 0 Å². The maximum atomic E-state index is 1.89. The van der Waals surface area contributed by atoms with Gasteiger partial charge in [0.05, 0.1) is 0 Å². The van der Waals surface area contributed by atoms with E-state index in [2.05, 4.69) is 0 Å². The van der Waals surface area contributed by atoms with E-state index in [0.29, 0.717) is 0 Å². The third kappa shape index (κ3) is 0.180. The monoisotopic (exact) mass is 106 g/mol. The molecule has 4 aliphatic carbocycles. The molecule has 0 radical (unpaired) electrons. The van der Waals surface area contributed by atoms with Crippen LogP contribution < -0.4 is 0 Å². The molecule has 0 aliphatic heterocycles. The molecule has 2 fully saturated rings. The molecular weight excluding hydrogens is 96.1 g/mol. The molecule has 0 amide bonds. The normalized spacial score (nSPS) is 48.0. The first-order valence-electron chi connectivity index (χ1n) is 3.62. The number of allylic oxidation sites excluding steroid dienone is 2. The van der Waals surface area contributed by atoms with Crippen LogP contribution in [0, 0.1) is 5.41 Å². The molecule has 1 unspecified atom stereocenters. The molecule has 0 aromatic rings. The minimum Gasteiger partial charge on any atom is -0.0695 e. The van der Waals surface area contributed by atoms with Gasteiger partial charge in [0.15, 0.2) is 0 Å². The van der Waals surface area contributed by atoms with Gasteiger partial charge in [-0.05, 0) is 37.5 Å². The van der Waals surface area contributed by atoms with Gasteiger partial charge in [0.2, 0.25) is 0 Å². The van der Waals surface area contributed by atoms with Crippen LogP contribution in [0.2, 0.25) is 0 Å². The lowest BCUT2D eigenvalue weighted by atomic mass is 9.57. The molecule has 0 aromatic carbocycles. The Balaban J connectivity index is 2.25. The summed E-state index contributed by atoms with van der Waals surface area (Å²) in [6.45, 7) is 0. The zero-order valence-corrected chi connectivity index (χ0v) is 5.04. The first kappa shape index (κ1) is 3.71. The molecule has 0 aromatic heterocycles. The number of rotatable bonds is 0. The van der Waals surface area contributed by atoms with Crippen molar-refractivity contribution < 1.29 is 0 Å². The molecule has 8 heavy (non-hydrogen) atoms.